The highest BCUT2D eigenvalue weighted by Gasteiger charge is 2.22. The predicted molar refractivity (Wildman–Crippen MR) is 117 cm³/mol. The van der Waals surface area contributed by atoms with Gasteiger partial charge in [-0.2, -0.15) is 0 Å². The number of rotatable bonds is 6. The Kier molecular flexibility index (Phi) is 5.74. The van der Waals surface area contributed by atoms with Crippen LogP contribution in [-0.4, -0.2) is 31.1 Å². The number of anilines is 2. The molecule has 2 aliphatic heterocycles. The zero-order valence-electron chi connectivity index (χ0n) is 17.3. The molecule has 6 nitrogen and oxygen atoms in total. The molecule has 0 aliphatic carbocycles. The van der Waals surface area contributed by atoms with Crippen molar-refractivity contribution in [3.63, 3.8) is 0 Å². The quantitative estimate of drug-likeness (QED) is 0.731. The molecule has 4 rings (SSSR count). The van der Waals surface area contributed by atoms with Crippen LogP contribution in [0.5, 0.6) is 11.5 Å². The number of amides is 2. The second kappa shape index (κ2) is 8.61. The van der Waals surface area contributed by atoms with Crippen molar-refractivity contribution >= 4 is 29.3 Å². The summed E-state index contributed by atoms with van der Waals surface area (Å²) in [4.78, 5) is 26.0. The highest BCUT2D eigenvalue weighted by atomic mass is 16.5. The maximum absolute atomic E-state index is 12.4. The SMILES string of the molecule is CCOc1cc2c(cc1/C=C/C(=O)Nc1ccc(N3CCCC3=O)cc1)OC(C)C2. The van der Waals surface area contributed by atoms with Crippen molar-refractivity contribution < 1.29 is 19.1 Å². The number of carbonyl (C=O) groups excluding carboxylic acids is 2. The largest absolute Gasteiger partial charge is 0.493 e. The molecule has 1 N–H and O–H groups in total. The fraction of sp³-hybridized carbons (Fsp3) is 0.333. The van der Waals surface area contributed by atoms with Crippen molar-refractivity contribution in [2.45, 2.75) is 39.2 Å². The predicted octanol–water partition coefficient (Wildman–Crippen LogP) is 4.19. The molecule has 2 aromatic rings. The van der Waals surface area contributed by atoms with Crippen LogP contribution in [0.4, 0.5) is 11.4 Å². The molecule has 2 heterocycles. The third-order valence-corrected chi connectivity index (χ3v) is 5.26. The van der Waals surface area contributed by atoms with Crippen LogP contribution in [0.3, 0.4) is 0 Å². The van der Waals surface area contributed by atoms with Gasteiger partial charge in [-0.05, 0) is 62.7 Å². The summed E-state index contributed by atoms with van der Waals surface area (Å²) in [6, 6.07) is 11.3. The fourth-order valence-electron chi connectivity index (χ4n) is 3.86. The molecule has 1 unspecified atom stereocenters. The Balaban J connectivity index is 1.44. The normalized spacial score (nSPS) is 17.9. The minimum absolute atomic E-state index is 0.146. The van der Waals surface area contributed by atoms with Gasteiger partial charge in [0.1, 0.15) is 17.6 Å². The topological polar surface area (TPSA) is 67.9 Å². The molecule has 2 aromatic carbocycles. The van der Waals surface area contributed by atoms with Gasteiger partial charge in [-0.3, -0.25) is 9.59 Å². The second-order valence-electron chi connectivity index (χ2n) is 7.58. The molecule has 0 saturated carbocycles. The van der Waals surface area contributed by atoms with E-state index in [1.54, 1.807) is 11.0 Å². The zero-order chi connectivity index (χ0) is 21.1. The summed E-state index contributed by atoms with van der Waals surface area (Å²) < 4.78 is 11.6. The van der Waals surface area contributed by atoms with E-state index in [1.807, 2.05) is 50.2 Å². The summed E-state index contributed by atoms with van der Waals surface area (Å²) in [5.41, 5.74) is 3.47. The average Bonchev–Trinajstić information content (AvgIpc) is 3.31. The lowest BCUT2D eigenvalue weighted by Crippen LogP contribution is -2.23. The molecule has 2 aliphatic rings. The molecule has 156 valence electrons. The molecular formula is C24H26N2O4. The third-order valence-electron chi connectivity index (χ3n) is 5.26. The Hall–Kier alpha value is -3.28. The van der Waals surface area contributed by atoms with E-state index in [0.717, 1.165) is 47.7 Å². The monoisotopic (exact) mass is 406 g/mol. The molecular weight excluding hydrogens is 380 g/mol. The van der Waals surface area contributed by atoms with Crippen LogP contribution >= 0.6 is 0 Å². The number of fused-ring (bicyclic) bond motifs is 1. The smallest absolute Gasteiger partial charge is 0.248 e. The lowest BCUT2D eigenvalue weighted by molar-refractivity contribution is -0.117. The minimum Gasteiger partial charge on any atom is -0.493 e. The van der Waals surface area contributed by atoms with Gasteiger partial charge in [0.25, 0.3) is 0 Å². The standard InChI is InChI=1S/C24H26N2O4/c1-3-29-21-15-18-13-16(2)30-22(18)14-17(21)6-11-23(27)25-19-7-9-20(10-8-19)26-12-4-5-24(26)28/h6-11,14-16H,3-5,12-13H2,1-2H3,(H,25,27)/b11-6+. The van der Waals surface area contributed by atoms with Gasteiger partial charge in [-0.1, -0.05) is 0 Å². The van der Waals surface area contributed by atoms with E-state index in [4.69, 9.17) is 9.47 Å². The Morgan fingerprint density at radius 2 is 2.10 bits per heavy atom. The van der Waals surface area contributed by atoms with Crippen molar-refractivity contribution in [1.29, 1.82) is 0 Å². The van der Waals surface area contributed by atoms with E-state index in [2.05, 4.69) is 5.32 Å². The minimum atomic E-state index is -0.239. The number of hydrogen-bond acceptors (Lipinski definition) is 4. The van der Waals surface area contributed by atoms with E-state index in [0.29, 0.717) is 18.7 Å². The zero-order valence-corrected chi connectivity index (χ0v) is 17.3. The van der Waals surface area contributed by atoms with Crippen molar-refractivity contribution in [3.05, 3.63) is 53.6 Å². The van der Waals surface area contributed by atoms with Crippen LogP contribution in [0.2, 0.25) is 0 Å². The van der Waals surface area contributed by atoms with Gasteiger partial charge >= 0.3 is 0 Å². The van der Waals surface area contributed by atoms with Crippen LogP contribution in [0, 0.1) is 0 Å². The molecule has 0 aromatic heterocycles. The first-order chi connectivity index (χ1) is 14.5. The van der Waals surface area contributed by atoms with Crippen molar-refractivity contribution in [2.75, 3.05) is 23.4 Å². The van der Waals surface area contributed by atoms with Gasteiger partial charge in [0.15, 0.2) is 0 Å². The summed E-state index contributed by atoms with van der Waals surface area (Å²) in [6.07, 6.45) is 5.72. The van der Waals surface area contributed by atoms with Crippen molar-refractivity contribution in [1.82, 2.24) is 0 Å². The van der Waals surface area contributed by atoms with Crippen molar-refractivity contribution in [3.8, 4) is 11.5 Å². The Labute approximate surface area is 176 Å². The average molecular weight is 406 g/mol. The summed E-state index contributed by atoms with van der Waals surface area (Å²) in [7, 11) is 0. The number of carbonyl (C=O) groups is 2. The van der Waals surface area contributed by atoms with Gasteiger partial charge in [0, 0.05) is 48.0 Å². The van der Waals surface area contributed by atoms with Gasteiger partial charge < -0.3 is 19.7 Å². The van der Waals surface area contributed by atoms with Crippen molar-refractivity contribution in [2.24, 2.45) is 0 Å². The van der Waals surface area contributed by atoms with E-state index >= 15 is 0 Å². The number of benzene rings is 2. The molecule has 1 fully saturated rings. The molecule has 2 amide bonds. The van der Waals surface area contributed by atoms with E-state index < -0.39 is 0 Å². The van der Waals surface area contributed by atoms with Gasteiger partial charge in [0.05, 0.1) is 6.61 Å². The Morgan fingerprint density at radius 3 is 2.80 bits per heavy atom. The summed E-state index contributed by atoms with van der Waals surface area (Å²) in [6.45, 7) is 5.27. The fourth-order valence-corrected chi connectivity index (χ4v) is 3.86. The number of nitrogens with one attached hydrogen (secondary N) is 1. The first kappa shape index (κ1) is 20.0. The molecule has 0 spiro atoms. The van der Waals surface area contributed by atoms with Crippen LogP contribution in [0.1, 0.15) is 37.8 Å². The molecule has 1 saturated heterocycles. The molecule has 30 heavy (non-hydrogen) atoms. The molecule has 1 atom stereocenters. The van der Waals surface area contributed by atoms with Gasteiger partial charge in [0.2, 0.25) is 11.8 Å². The Morgan fingerprint density at radius 1 is 1.30 bits per heavy atom. The third kappa shape index (κ3) is 4.32. The van der Waals surface area contributed by atoms with E-state index in [1.165, 1.54) is 6.08 Å². The number of hydrogen-bond donors (Lipinski definition) is 1. The summed E-state index contributed by atoms with van der Waals surface area (Å²) in [5, 5.41) is 2.85. The van der Waals surface area contributed by atoms with Gasteiger partial charge in [-0.15, -0.1) is 0 Å². The summed E-state index contributed by atoms with van der Waals surface area (Å²) >= 11 is 0. The highest BCUT2D eigenvalue weighted by Crippen LogP contribution is 2.35. The Bertz CT molecular complexity index is 981. The van der Waals surface area contributed by atoms with Crippen LogP contribution < -0.4 is 19.7 Å². The maximum Gasteiger partial charge on any atom is 0.248 e. The maximum atomic E-state index is 12.4. The second-order valence-corrected chi connectivity index (χ2v) is 7.58. The number of ether oxygens (including phenoxy) is 2. The lowest BCUT2D eigenvalue weighted by atomic mass is 10.1. The first-order valence-electron chi connectivity index (χ1n) is 10.4. The lowest BCUT2D eigenvalue weighted by Gasteiger charge is -2.15. The van der Waals surface area contributed by atoms with Gasteiger partial charge in [-0.25, -0.2) is 0 Å². The number of nitrogens with zero attached hydrogens (tertiary/aromatic N) is 1. The van der Waals surface area contributed by atoms with E-state index in [-0.39, 0.29) is 17.9 Å². The summed E-state index contributed by atoms with van der Waals surface area (Å²) in [5.74, 6) is 1.50. The molecule has 0 radical (unpaired) electrons. The molecule has 0 bridgehead atoms. The van der Waals surface area contributed by atoms with E-state index in [9.17, 15) is 9.59 Å². The highest BCUT2D eigenvalue weighted by molar-refractivity contribution is 6.02. The van der Waals surface area contributed by atoms with Crippen LogP contribution in [0.25, 0.3) is 6.08 Å². The first-order valence-corrected chi connectivity index (χ1v) is 10.4. The van der Waals surface area contributed by atoms with Crippen LogP contribution in [0.15, 0.2) is 42.5 Å². The molecule has 6 heteroatoms. The van der Waals surface area contributed by atoms with Crippen LogP contribution in [-0.2, 0) is 16.0 Å².